The van der Waals surface area contributed by atoms with Crippen LogP contribution in [0.4, 0.5) is 0 Å². The molecule has 4 rings (SSSR count). The molecule has 0 spiro atoms. The topological polar surface area (TPSA) is 60.7 Å². The third-order valence-electron chi connectivity index (χ3n) is 4.03. The number of furan rings is 1. The number of ether oxygens (including phenoxy) is 2. The lowest BCUT2D eigenvalue weighted by Crippen LogP contribution is -2.44. The van der Waals surface area contributed by atoms with E-state index in [1.54, 1.807) is 6.07 Å². The number of benzene rings is 2. The van der Waals surface area contributed by atoms with Gasteiger partial charge in [0.05, 0.1) is 6.04 Å². The second kappa shape index (κ2) is 5.92. The summed E-state index contributed by atoms with van der Waals surface area (Å²) in [5.41, 5.74) is 0.805. The lowest BCUT2D eigenvalue weighted by Gasteiger charge is -2.26. The summed E-state index contributed by atoms with van der Waals surface area (Å²) in [4.78, 5) is 12.4. The second-order valence-corrected chi connectivity index (χ2v) is 5.78. The molecule has 0 fully saturated rings. The number of para-hydroxylation sites is 3. The van der Waals surface area contributed by atoms with E-state index >= 15 is 0 Å². The van der Waals surface area contributed by atoms with Gasteiger partial charge in [-0.1, -0.05) is 30.3 Å². The van der Waals surface area contributed by atoms with E-state index in [0.29, 0.717) is 17.3 Å². The lowest BCUT2D eigenvalue weighted by atomic mass is 10.2. The van der Waals surface area contributed by atoms with Gasteiger partial charge in [0.1, 0.15) is 18.0 Å². The van der Waals surface area contributed by atoms with E-state index in [9.17, 15) is 4.79 Å². The van der Waals surface area contributed by atoms with Crippen LogP contribution in [0.2, 0.25) is 0 Å². The van der Waals surface area contributed by atoms with Gasteiger partial charge in [0.2, 0.25) is 6.10 Å². The first-order valence-corrected chi connectivity index (χ1v) is 7.88. The van der Waals surface area contributed by atoms with Gasteiger partial charge in [0.15, 0.2) is 11.5 Å². The second-order valence-electron chi connectivity index (χ2n) is 5.78. The molecule has 0 radical (unpaired) electrons. The summed E-state index contributed by atoms with van der Waals surface area (Å²) in [5.74, 6) is 1.73. The number of hydrogen-bond acceptors (Lipinski definition) is 4. The highest BCUT2D eigenvalue weighted by atomic mass is 16.6. The fourth-order valence-electron chi connectivity index (χ4n) is 2.74. The van der Waals surface area contributed by atoms with E-state index in [1.165, 1.54) is 0 Å². The third kappa shape index (κ3) is 2.69. The molecule has 1 aromatic heterocycles. The van der Waals surface area contributed by atoms with Crippen molar-refractivity contribution in [2.24, 2.45) is 0 Å². The number of amides is 1. The molecule has 2 heterocycles. The molecule has 1 N–H and O–H groups in total. The van der Waals surface area contributed by atoms with Crippen LogP contribution in [0.3, 0.4) is 0 Å². The van der Waals surface area contributed by atoms with Gasteiger partial charge >= 0.3 is 0 Å². The largest absolute Gasteiger partial charge is 0.485 e. The number of rotatable bonds is 3. The fourth-order valence-corrected chi connectivity index (χ4v) is 2.74. The summed E-state index contributed by atoms with van der Waals surface area (Å²) in [6.45, 7) is 2.07. The number of carbonyl (C=O) groups excluding carboxylic acids is 1. The van der Waals surface area contributed by atoms with E-state index in [-0.39, 0.29) is 18.6 Å². The molecule has 1 aliphatic rings. The lowest BCUT2D eigenvalue weighted by molar-refractivity contribution is -0.131. The minimum Gasteiger partial charge on any atom is -0.485 e. The van der Waals surface area contributed by atoms with Crippen molar-refractivity contribution in [2.45, 2.75) is 19.1 Å². The Morgan fingerprint density at radius 1 is 1.12 bits per heavy atom. The molecule has 0 aliphatic carbocycles. The molecule has 2 atom stereocenters. The SMILES string of the molecule is CC(NC(=O)C1COc2ccccc2O1)c1cc2ccccc2o1. The van der Waals surface area contributed by atoms with Gasteiger partial charge in [-0.2, -0.15) is 0 Å². The summed E-state index contributed by atoms with van der Waals surface area (Å²) in [6, 6.07) is 16.8. The minimum absolute atomic E-state index is 0.190. The number of nitrogens with one attached hydrogen (secondary N) is 1. The molecule has 0 saturated heterocycles. The zero-order chi connectivity index (χ0) is 16.5. The van der Waals surface area contributed by atoms with Gasteiger partial charge in [0.25, 0.3) is 5.91 Å². The van der Waals surface area contributed by atoms with Crippen molar-refractivity contribution in [3.8, 4) is 11.5 Å². The molecule has 0 bridgehead atoms. The molecule has 122 valence electrons. The summed E-state index contributed by atoms with van der Waals surface area (Å²) in [7, 11) is 0. The standard InChI is InChI=1S/C19H17NO4/c1-12(17-10-13-6-2-3-7-14(13)23-17)20-19(21)18-11-22-15-8-4-5-9-16(15)24-18/h2-10,12,18H,11H2,1H3,(H,20,21). The Bertz CT molecular complexity index is 853. The van der Waals surface area contributed by atoms with E-state index in [1.807, 2.05) is 55.5 Å². The Labute approximate surface area is 139 Å². The van der Waals surface area contributed by atoms with E-state index in [2.05, 4.69) is 5.32 Å². The fraction of sp³-hybridized carbons (Fsp3) is 0.211. The van der Waals surface area contributed by atoms with Crippen molar-refractivity contribution in [1.82, 2.24) is 5.32 Å². The van der Waals surface area contributed by atoms with Crippen LogP contribution in [-0.4, -0.2) is 18.6 Å². The maximum absolute atomic E-state index is 12.4. The Morgan fingerprint density at radius 3 is 2.71 bits per heavy atom. The first-order valence-electron chi connectivity index (χ1n) is 7.88. The van der Waals surface area contributed by atoms with Crippen LogP contribution < -0.4 is 14.8 Å². The number of fused-ring (bicyclic) bond motifs is 2. The minimum atomic E-state index is -0.674. The average Bonchev–Trinajstić information content (AvgIpc) is 3.05. The van der Waals surface area contributed by atoms with E-state index in [4.69, 9.17) is 13.9 Å². The van der Waals surface area contributed by atoms with Gasteiger partial charge in [-0.15, -0.1) is 0 Å². The van der Waals surface area contributed by atoms with Crippen LogP contribution in [0.15, 0.2) is 59.0 Å². The van der Waals surface area contributed by atoms with Gasteiger partial charge in [-0.25, -0.2) is 0 Å². The monoisotopic (exact) mass is 323 g/mol. The van der Waals surface area contributed by atoms with E-state index in [0.717, 1.165) is 11.0 Å². The molecule has 2 aromatic carbocycles. The number of hydrogen-bond donors (Lipinski definition) is 1. The van der Waals surface area contributed by atoms with Crippen LogP contribution in [0.1, 0.15) is 18.7 Å². The summed E-state index contributed by atoms with van der Waals surface area (Å²) in [5, 5.41) is 3.93. The molecule has 2 unspecified atom stereocenters. The molecule has 1 aliphatic heterocycles. The molecule has 5 nitrogen and oxygen atoms in total. The van der Waals surface area contributed by atoms with Crippen molar-refractivity contribution in [2.75, 3.05) is 6.61 Å². The summed E-state index contributed by atoms with van der Waals surface area (Å²) < 4.78 is 17.1. The summed E-state index contributed by atoms with van der Waals surface area (Å²) >= 11 is 0. The van der Waals surface area contributed by atoms with Crippen molar-refractivity contribution in [3.05, 3.63) is 60.4 Å². The zero-order valence-corrected chi connectivity index (χ0v) is 13.2. The van der Waals surface area contributed by atoms with Gasteiger partial charge < -0.3 is 19.2 Å². The highest BCUT2D eigenvalue weighted by Crippen LogP contribution is 2.31. The quantitative estimate of drug-likeness (QED) is 0.802. The van der Waals surface area contributed by atoms with Crippen LogP contribution in [0.5, 0.6) is 11.5 Å². The van der Waals surface area contributed by atoms with Gasteiger partial charge in [-0.3, -0.25) is 4.79 Å². The molecule has 24 heavy (non-hydrogen) atoms. The Hall–Kier alpha value is -2.95. The maximum Gasteiger partial charge on any atom is 0.265 e. The zero-order valence-electron chi connectivity index (χ0n) is 13.2. The number of carbonyl (C=O) groups is 1. The molecule has 5 heteroatoms. The van der Waals surface area contributed by atoms with Crippen molar-refractivity contribution in [3.63, 3.8) is 0 Å². The average molecular weight is 323 g/mol. The highest BCUT2D eigenvalue weighted by molar-refractivity contribution is 5.82. The highest BCUT2D eigenvalue weighted by Gasteiger charge is 2.28. The van der Waals surface area contributed by atoms with Crippen LogP contribution in [-0.2, 0) is 4.79 Å². The van der Waals surface area contributed by atoms with Crippen molar-refractivity contribution in [1.29, 1.82) is 0 Å². The summed E-state index contributed by atoms with van der Waals surface area (Å²) in [6.07, 6.45) is -0.674. The predicted molar refractivity (Wildman–Crippen MR) is 89.1 cm³/mol. The van der Waals surface area contributed by atoms with Gasteiger partial charge in [-0.05, 0) is 31.2 Å². The van der Waals surface area contributed by atoms with Crippen molar-refractivity contribution >= 4 is 16.9 Å². The maximum atomic E-state index is 12.4. The molecular weight excluding hydrogens is 306 g/mol. The van der Waals surface area contributed by atoms with E-state index < -0.39 is 6.10 Å². The van der Waals surface area contributed by atoms with Crippen LogP contribution in [0, 0.1) is 0 Å². The third-order valence-corrected chi connectivity index (χ3v) is 4.03. The normalized spacial score (nSPS) is 17.5. The predicted octanol–water partition coefficient (Wildman–Crippen LogP) is 3.45. The molecule has 0 saturated carbocycles. The molecular formula is C19H17NO4. The van der Waals surface area contributed by atoms with Gasteiger partial charge in [0, 0.05) is 5.39 Å². The Morgan fingerprint density at radius 2 is 1.88 bits per heavy atom. The smallest absolute Gasteiger partial charge is 0.265 e. The first kappa shape index (κ1) is 14.6. The Kier molecular flexibility index (Phi) is 3.61. The molecule has 1 amide bonds. The van der Waals surface area contributed by atoms with Crippen LogP contribution in [0.25, 0.3) is 11.0 Å². The Balaban J connectivity index is 1.46. The molecule has 3 aromatic rings. The van der Waals surface area contributed by atoms with Crippen LogP contribution >= 0.6 is 0 Å². The first-order chi connectivity index (χ1) is 11.7. The van der Waals surface area contributed by atoms with Crippen molar-refractivity contribution < 1.29 is 18.7 Å².